The van der Waals surface area contributed by atoms with Crippen LogP contribution < -0.4 is 0 Å². The van der Waals surface area contributed by atoms with Crippen molar-refractivity contribution in [2.75, 3.05) is 11.5 Å². The van der Waals surface area contributed by atoms with Crippen LogP contribution in [0.3, 0.4) is 0 Å². The molecule has 0 aromatic heterocycles. The molecule has 3 nitrogen and oxygen atoms in total. The molecule has 2 aromatic rings. The number of benzene rings is 2. The molecule has 0 radical (unpaired) electrons. The van der Waals surface area contributed by atoms with Gasteiger partial charge in [0.2, 0.25) is 0 Å². The summed E-state index contributed by atoms with van der Waals surface area (Å²) in [7, 11) is -3.17. The average Bonchev–Trinajstić information content (AvgIpc) is 2.51. The summed E-state index contributed by atoms with van der Waals surface area (Å²) in [5, 5.41) is 10.7. The Hall–Kier alpha value is -1.65. The lowest BCUT2D eigenvalue weighted by molar-refractivity contribution is 0.121. The summed E-state index contributed by atoms with van der Waals surface area (Å²) in [5.74, 6) is -0.700. The number of hydrogen-bond acceptors (Lipinski definition) is 3. The molecule has 2 unspecified atom stereocenters. The highest BCUT2D eigenvalue weighted by Crippen LogP contribution is 2.37. The minimum absolute atomic E-state index is 0.0154. The molecule has 0 spiro atoms. The lowest BCUT2D eigenvalue weighted by Gasteiger charge is -2.35. The fraction of sp³-hybridized carbons (Fsp3) is 0.294. The van der Waals surface area contributed by atoms with Gasteiger partial charge in [0.25, 0.3) is 0 Å². The lowest BCUT2D eigenvalue weighted by atomic mass is 9.83. The van der Waals surface area contributed by atoms with Gasteiger partial charge < -0.3 is 5.11 Å². The molecule has 3 rings (SSSR count). The molecule has 0 saturated carbocycles. The topological polar surface area (TPSA) is 54.4 Å². The van der Waals surface area contributed by atoms with E-state index in [4.69, 9.17) is 0 Å². The first kappa shape index (κ1) is 14.3. The maximum atomic E-state index is 12.3. The molecule has 0 bridgehead atoms. The second kappa shape index (κ2) is 5.62. The van der Waals surface area contributed by atoms with E-state index in [0.29, 0.717) is 0 Å². The van der Waals surface area contributed by atoms with E-state index in [2.05, 4.69) is 0 Å². The van der Waals surface area contributed by atoms with Crippen LogP contribution in [0.2, 0.25) is 0 Å². The molecular formula is C17H18O3S. The summed E-state index contributed by atoms with van der Waals surface area (Å²) in [6.45, 7) is 0. The Bertz CT molecular complexity index is 640. The van der Waals surface area contributed by atoms with Crippen molar-refractivity contribution in [1.29, 1.82) is 0 Å². The minimum Gasteiger partial charge on any atom is -0.392 e. The van der Waals surface area contributed by atoms with Crippen LogP contribution in [-0.2, 0) is 9.84 Å². The van der Waals surface area contributed by atoms with Crippen LogP contribution >= 0.6 is 0 Å². The summed E-state index contributed by atoms with van der Waals surface area (Å²) in [4.78, 5) is 0. The van der Waals surface area contributed by atoms with Gasteiger partial charge >= 0.3 is 0 Å². The van der Waals surface area contributed by atoms with Gasteiger partial charge in [0.1, 0.15) is 0 Å². The van der Waals surface area contributed by atoms with Gasteiger partial charge in [-0.15, -0.1) is 0 Å². The highest BCUT2D eigenvalue weighted by atomic mass is 32.2. The molecule has 0 amide bonds. The molecule has 21 heavy (non-hydrogen) atoms. The van der Waals surface area contributed by atoms with E-state index in [9.17, 15) is 13.5 Å². The SMILES string of the molecule is O=S1(=O)CC(c2ccccc2)C(O)C(c2ccccc2)C1. The van der Waals surface area contributed by atoms with Gasteiger partial charge in [0.15, 0.2) is 9.84 Å². The normalized spacial score (nSPS) is 28.1. The van der Waals surface area contributed by atoms with Gasteiger partial charge in [0, 0.05) is 11.8 Å². The van der Waals surface area contributed by atoms with Crippen LogP contribution in [0.1, 0.15) is 23.0 Å². The maximum absolute atomic E-state index is 12.3. The quantitative estimate of drug-likeness (QED) is 0.926. The van der Waals surface area contributed by atoms with Crippen molar-refractivity contribution < 1.29 is 13.5 Å². The van der Waals surface area contributed by atoms with Gasteiger partial charge in [-0.05, 0) is 11.1 Å². The zero-order valence-corrected chi connectivity index (χ0v) is 12.4. The maximum Gasteiger partial charge on any atom is 0.151 e. The van der Waals surface area contributed by atoms with E-state index in [-0.39, 0.29) is 23.3 Å². The molecule has 110 valence electrons. The fourth-order valence-electron chi connectivity index (χ4n) is 3.08. The minimum atomic E-state index is -3.17. The zero-order valence-electron chi connectivity index (χ0n) is 11.6. The molecular weight excluding hydrogens is 284 g/mol. The first-order chi connectivity index (χ1) is 10.1. The largest absolute Gasteiger partial charge is 0.392 e. The van der Waals surface area contributed by atoms with Gasteiger partial charge in [0.05, 0.1) is 17.6 Å². The van der Waals surface area contributed by atoms with Crippen molar-refractivity contribution in [2.45, 2.75) is 17.9 Å². The third kappa shape index (κ3) is 3.01. The number of sulfone groups is 1. The van der Waals surface area contributed by atoms with E-state index in [1.807, 2.05) is 60.7 Å². The molecule has 1 aliphatic rings. The van der Waals surface area contributed by atoms with Gasteiger partial charge in [-0.1, -0.05) is 60.7 Å². The first-order valence-corrected chi connectivity index (χ1v) is 8.87. The molecule has 1 fully saturated rings. The Balaban J connectivity index is 1.99. The number of hydrogen-bond donors (Lipinski definition) is 1. The number of rotatable bonds is 2. The molecule has 1 N–H and O–H groups in total. The second-order valence-corrected chi connectivity index (χ2v) is 7.76. The van der Waals surface area contributed by atoms with E-state index in [1.165, 1.54) is 0 Å². The summed E-state index contributed by atoms with van der Waals surface area (Å²) in [6, 6.07) is 18.8. The van der Waals surface area contributed by atoms with Crippen LogP contribution in [0.5, 0.6) is 0 Å². The van der Waals surface area contributed by atoms with Crippen molar-refractivity contribution >= 4 is 9.84 Å². The summed E-state index contributed by atoms with van der Waals surface area (Å²) >= 11 is 0. The smallest absolute Gasteiger partial charge is 0.151 e. The van der Waals surface area contributed by atoms with Crippen molar-refractivity contribution in [3.8, 4) is 0 Å². The fourth-order valence-corrected chi connectivity index (χ4v) is 5.09. The molecule has 0 aliphatic carbocycles. The standard InChI is InChI=1S/C17H18O3S/c18-17-15(13-7-3-1-4-8-13)11-21(19,20)12-16(17)14-9-5-2-6-10-14/h1-10,15-18H,11-12H2. The Morgan fingerprint density at radius 3 is 1.52 bits per heavy atom. The summed E-state index contributed by atoms with van der Waals surface area (Å²) in [6.07, 6.45) is -0.682. The number of aliphatic hydroxyl groups is 1. The van der Waals surface area contributed by atoms with E-state index in [1.54, 1.807) is 0 Å². The van der Waals surface area contributed by atoms with Gasteiger partial charge in [-0.25, -0.2) is 8.42 Å². The predicted octanol–water partition coefficient (Wildman–Crippen LogP) is 2.34. The monoisotopic (exact) mass is 302 g/mol. The molecule has 1 saturated heterocycles. The molecule has 1 aliphatic heterocycles. The molecule has 2 atom stereocenters. The van der Waals surface area contributed by atoms with Crippen LogP contribution in [0.25, 0.3) is 0 Å². The Kier molecular flexibility index (Phi) is 3.83. The van der Waals surface area contributed by atoms with Crippen LogP contribution in [0, 0.1) is 0 Å². The summed E-state index contributed by atoms with van der Waals surface area (Å²) < 4.78 is 24.5. The van der Waals surface area contributed by atoms with Crippen molar-refractivity contribution in [3.05, 3.63) is 71.8 Å². The highest BCUT2D eigenvalue weighted by Gasteiger charge is 2.40. The van der Waals surface area contributed by atoms with E-state index >= 15 is 0 Å². The molecule has 4 heteroatoms. The van der Waals surface area contributed by atoms with Gasteiger partial charge in [-0.2, -0.15) is 0 Å². The Labute approximate surface area is 125 Å². The lowest BCUT2D eigenvalue weighted by Crippen LogP contribution is -2.41. The molecule has 2 aromatic carbocycles. The predicted molar refractivity (Wildman–Crippen MR) is 83.0 cm³/mol. The van der Waals surface area contributed by atoms with E-state index in [0.717, 1.165) is 11.1 Å². The summed E-state index contributed by atoms with van der Waals surface area (Å²) in [5.41, 5.74) is 1.77. The van der Waals surface area contributed by atoms with Gasteiger partial charge in [-0.3, -0.25) is 0 Å². The third-order valence-electron chi connectivity index (χ3n) is 4.15. The number of aliphatic hydroxyl groups excluding tert-OH is 1. The van der Waals surface area contributed by atoms with Crippen LogP contribution in [-0.4, -0.2) is 31.1 Å². The van der Waals surface area contributed by atoms with Crippen molar-refractivity contribution in [3.63, 3.8) is 0 Å². The Morgan fingerprint density at radius 2 is 1.14 bits per heavy atom. The third-order valence-corrected chi connectivity index (χ3v) is 5.88. The second-order valence-electron chi connectivity index (χ2n) is 5.60. The zero-order chi connectivity index (χ0) is 14.9. The van der Waals surface area contributed by atoms with Crippen LogP contribution in [0.4, 0.5) is 0 Å². The van der Waals surface area contributed by atoms with Crippen molar-refractivity contribution in [2.24, 2.45) is 0 Å². The average molecular weight is 302 g/mol. The first-order valence-electron chi connectivity index (χ1n) is 7.05. The highest BCUT2D eigenvalue weighted by molar-refractivity contribution is 7.91. The van der Waals surface area contributed by atoms with Crippen LogP contribution in [0.15, 0.2) is 60.7 Å². The van der Waals surface area contributed by atoms with Crippen molar-refractivity contribution in [1.82, 2.24) is 0 Å². The van der Waals surface area contributed by atoms with E-state index < -0.39 is 15.9 Å². The molecule has 1 heterocycles. The Morgan fingerprint density at radius 1 is 0.762 bits per heavy atom.